The molecule has 1 rings (SSSR count). The van der Waals surface area contributed by atoms with Gasteiger partial charge in [-0.25, -0.2) is 4.79 Å². The van der Waals surface area contributed by atoms with Crippen LogP contribution in [0.15, 0.2) is 35.5 Å². The summed E-state index contributed by atoms with van der Waals surface area (Å²) >= 11 is 0. The van der Waals surface area contributed by atoms with Crippen LogP contribution in [-0.4, -0.2) is 24.6 Å². The Hall–Kier alpha value is -2.61. The van der Waals surface area contributed by atoms with Crippen molar-refractivity contribution in [3.63, 3.8) is 0 Å². The second-order valence-electron chi connectivity index (χ2n) is 4.32. The molecule has 0 bridgehead atoms. The molecule has 1 aromatic rings. The van der Waals surface area contributed by atoms with Gasteiger partial charge in [0.2, 0.25) is 5.71 Å². The van der Waals surface area contributed by atoms with Crippen molar-refractivity contribution in [2.45, 2.75) is 32.8 Å². The Balaban J connectivity index is 2.64. The van der Waals surface area contributed by atoms with Crippen LogP contribution in [0, 0.1) is 11.8 Å². The Morgan fingerprint density at radius 3 is 2.55 bits per heavy atom. The minimum atomic E-state index is -0.804. The van der Waals surface area contributed by atoms with Crippen LogP contribution in [-0.2, 0) is 25.8 Å². The molecule has 0 aliphatic rings. The molecule has 0 saturated carbocycles. The quantitative estimate of drug-likeness (QED) is 0.255. The summed E-state index contributed by atoms with van der Waals surface area (Å²) in [4.78, 5) is 28.6. The lowest BCUT2D eigenvalue weighted by Gasteiger charge is -2.04. The Bertz CT molecular complexity index is 582. The van der Waals surface area contributed by atoms with Crippen molar-refractivity contribution in [1.82, 2.24) is 0 Å². The standard InChI is InChI=1S/C17H19NO4/c1-3-4-5-9-12-15(19)16(17(20)21-2)18-22-13-14-10-7-6-8-11-14/h6-8,10-11H,3,9,12-13H2,1-2H3/b18-16-. The molecule has 0 unspecified atom stereocenters. The van der Waals surface area contributed by atoms with E-state index in [4.69, 9.17) is 4.84 Å². The van der Waals surface area contributed by atoms with Crippen LogP contribution in [0.5, 0.6) is 0 Å². The molecule has 5 nitrogen and oxygen atoms in total. The molecule has 0 radical (unpaired) electrons. The van der Waals surface area contributed by atoms with E-state index in [0.717, 1.165) is 12.0 Å². The third-order valence-corrected chi connectivity index (χ3v) is 2.65. The molecule has 0 aliphatic heterocycles. The molecular formula is C17H19NO4. The summed E-state index contributed by atoms with van der Waals surface area (Å²) < 4.78 is 4.56. The SMILES string of the molecule is CCC#CCCC(=O)/C(=N/OCc1ccccc1)C(=O)OC. The fourth-order valence-corrected chi connectivity index (χ4v) is 1.55. The van der Waals surface area contributed by atoms with E-state index in [-0.39, 0.29) is 18.7 Å². The van der Waals surface area contributed by atoms with Crippen LogP contribution in [0.2, 0.25) is 0 Å². The molecule has 1 aromatic carbocycles. The Morgan fingerprint density at radius 2 is 1.91 bits per heavy atom. The van der Waals surface area contributed by atoms with Gasteiger partial charge >= 0.3 is 5.97 Å². The van der Waals surface area contributed by atoms with E-state index >= 15 is 0 Å². The number of carbonyl (C=O) groups is 2. The maximum atomic E-state index is 12.0. The van der Waals surface area contributed by atoms with Gasteiger partial charge in [0, 0.05) is 19.3 Å². The fraction of sp³-hybridized carbons (Fsp3) is 0.353. The first-order valence-electron chi connectivity index (χ1n) is 7.00. The lowest BCUT2D eigenvalue weighted by atomic mass is 10.1. The zero-order chi connectivity index (χ0) is 16.2. The predicted molar refractivity (Wildman–Crippen MR) is 83.0 cm³/mol. The van der Waals surface area contributed by atoms with Gasteiger partial charge in [-0.3, -0.25) is 4.79 Å². The lowest BCUT2D eigenvalue weighted by molar-refractivity contribution is -0.133. The molecule has 0 saturated heterocycles. The number of hydrogen-bond donors (Lipinski definition) is 0. The van der Waals surface area contributed by atoms with Crippen LogP contribution < -0.4 is 0 Å². The van der Waals surface area contributed by atoms with Gasteiger partial charge in [0.25, 0.3) is 0 Å². The zero-order valence-electron chi connectivity index (χ0n) is 12.8. The molecule has 0 aromatic heterocycles. The molecule has 0 aliphatic carbocycles. The number of nitrogens with zero attached hydrogens (tertiary/aromatic N) is 1. The fourth-order valence-electron chi connectivity index (χ4n) is 1.55. The van der Waals surface area contributed by atoms with Crippen molar-refractivity contribution in [3.8, 4) is 11.8 Å². The first-order valence-corrected chi connectivity index (χ1v) is 7.00. The number of ketones is 1. The highest BCUT2D eigenvalue weighted by molar-refractivity contribution is 6.64. The Labute approximate surface area is 130 Å². The first kappa shape index (κ1) is 17.4. The predicted octanol–water partition coefficient (Wildman–Crippen LogP) is 2.49. The smallest absolute Gasteiger partial charge is 0.363 e. The number of carbonyl (C=O) groups excluding carboxylic acids is 2. The van der Waals surface area contributed by atoms with Crippen molar-refractivity contribution < 1.29 is 19.2 Å². The number of oxime groups is 1. The average molecular weight is 301 g/mol. The molecule has 116 valence electrons. The maximum Gasteiger partial charge on any atom is 0.363 e. The molecule has 22 heavy (non-hydrogen) atoms. The molecule has 0 spiro atoms. The van der Waals surface area contributed by atoms with Gasteiger partial charge in [0.1, 0.15) is 6.61 Å². The van der Waals surface area contributed by atoms with E-state index in [2.05, 4.69) is 21.7 Å². The van der Waals surface area contributed by atoms with E-state index < -0.39 is 11.8 Å². The van der Waals surface area contributed by atoms with Gasteiger partial charge in [-0.05, 0) is 5.56 Å². The molecule has 0 heterocycles. The number of hydrogen-bond acceptors (Lipinski definition) is 5. The number of esters is 1. The average Bonchev–Trinajstić information content (AvgIpc) is 2.55. The third kappa shape index (κ3) is 6.23. The van der Waals surface area contributed by atoms with Gasteiger partial charge in [-0.2, -0.15) is 0 Å². The molecule has 0 amide bonds. The summed E-state index contributed by atoms with van der Waals surface area (Å²) in [7, 11) is 1.19. The highest BCUT2D eigenvalue weighted by Gasteiger charge is 2.21. The number of ether oxygens (including phenoxy) is 1. The van der Waals surface area contributed by atoms with Crippen molar-refractivity contribution >= 4 is 17.5 Å². The van der Waals surface area contributed by atoms with E-state index in [9.17, 15) is 9.59 Å². The largest absolute Gasteiger partial charge is 0.464 e. The minimum Gasteiger partial charge on any atom is -0.464 e. The lowest BCUT2D eigenvalue weighted by Crippen LogP contribution is -2.25. The van der Waals surface area contributed by atoms with Crippen LogP contribution in [0.4, 0.5) is 0 Å². The normalized spacial score (nSPS) is 10.4. The molecule has 0 N–H and O–H groups in total. The number of benzene rings is 1. The highest BCUT2D eigenvalue weighted by Crippen LogP contribution is 2.02. The Kier molecular flexibility index (Phi) is 8.06. The molecule has 5 heteroatoms. The molecular weight excluding hydrogens is 282 g/mol. The van der Waals surface area contributed by atoms with Crippen molar-refractivity contribution in [3.05, 3.63) is 35.9 Å². The summed E-state index contributed by atoms with van der Waals surface area (Å²) in [6.07, 6.45) is 1.21. The number of rotatable bonds is 7. The molecule has 0 atom stereocenters. The minimum absolute atomic E-state index is 0.107. The van der Waals surface area contributed by atoms with Crippen LogP contribution in [0.3, 0.4) is 0 Å². The summed E-state index contributed by atoms with van der Waals surface area (Å²) in [5.74, 6) is 4.46. The van der Waals surface area contributed by atoms with Crippen LogP contribution >= 0.6 is 0 Å². The van der Waals surface area contributed by atoms with Gasteiger partial charge in [-0.15, -0.1) is 11.8 Å². The van der Waals surface area contributed by atoms with Crippen molar-refractivity contribution in [1.29, 1.82) is 0 Å². The maximum absolute atomic E-state index is 12.0. The number of Topliss-reactive ketones (excluding diaryl/α,β-unsaturated/α-hetero) is 1. The summed E-state index contributed by atoms with van der Waals surface area (Å²) in [6, 6.07) is 9.32. The second-order valence-corrected chi connectivity index (χ2v) is 4.32. The first-order chi connectivity index (χ1) is 10.7. The monoisotopic (exact) mass is 301 g/mol. The highest BCUT2D eigenvalue weighted by atomic mass is 16.6. The summed E-state index contributed by atoms with van der Waals surface area (Å²) in [5.41, 5.74) is 0.549. The van der Waals surface area contributed by atoms with Crippen molar-refractivity contribution in [2.75, 3.05) is 7.11 Å². The van der Waals surface area contributed by atoms with Crippen molar-refractivity contribution in [2.24, 2.45) is 5.16 Å². The topological polar surface area (TPSA) is 65.0 Å². The van der Waals surface area contributed by atoms with E-state index in [1.54, 1.807) is 0 Å². The van der Waals surface area contributed by atoms with Gasteiger partial charge in [0.15, 0.2) is 5.78 Å². The van der Waals surface area contributed by atoms with Crippen LogP contribution in [0.1, 0.15) is 31.7 Å². The number of methoxy groups -OCH3 is 1. The van der Waals surface area contributed by atoms with E-state index in [1.807, 2.05) is 37.3 Å². The van der Waals surface area contributed by atoms with Crippen LogP contribution in [0.25, 0.3) is 0 Å². The zero-order valence-corrected chi connectivity index (χ0v) is 12.8. The van der Waals surface area contributed by atoms with Gasteiger partial charge in [0.05, 0.1) is 7.11 Å². The Morgan fingerprint density at radius 1 is 1.18 bits per heavy atom. The van der Waals surface area contributed by atoms with E-state index in [0.29, 0.717) is 6.42 Å². The van der Waals surface area contributed by atoms with Gasteiger partial charge < -0.3 is 9.57 Å². The summed E-state index contributed by atoms with van der Waals surface area (Å²) in [6.45, 7) is 2.10. The second kappa shape index (κ2) is 10.2. The summed E-state index contributed by atoms with van der Waals surface area (Å²) in [5, 5.41) is 3.63. The van der Waals surface area contributed by atoms with E-state index in [1.165, 1.54) is 7.11 Å². The molecule has 0 fully saturated rings. The third-order valence-electron chi connectivity index (χ3n) is 2.65. The van der Waals surface area contributed by atoms with Gasteiger partial charge in [-0.1, -0.05) is 42.4 Å².